The van der Waals surface area contributed by atoms with E-state index >= 15 is 0 Å². The molecule has 0 saturated carbocycles. The summed E-state index contributed by atoms with van der Waals surface area (Å²) in [5.41, 5.74) is 8.16. The van der Waals surface area contributed by atoms with Crippen molar-refractivity contribution >= 4 is 45.9 Å². The van der Waals surface area contributed by atoms with Gasteiger partial charge in [0.2, 0.25) is 5.91 Å². The molecule has 3 aromatic carbocycles. The summed E-state index contributed by atoms with van der Waals surface area (Å²) in [7, 11) is 1.56. The number of amides is 2. The third kappa shape index (κ3) is 5.34. The first-order valence-corrected chi connectivity index (χ1v) is 11.4. The number of ether oxygens (including phenoxy) is 2. The van der Waals surface area contributed by atoms with E-state index in [0.29, 0.717) is 44.5 Å². The van der Waals surface area contributed by atoms with Crippen molar-refractivity contribution in [1.29, 1.82) is 0 Å². The van der Waals surface area contributed by atoms with Crippen LogP contribution < -0.4 is 20.5 Å². The minimum Gasteiger partial charge on any atom is -0.497 e. The lowest BCUT2D eigenvalue weighted by molar-refractivity contribution is -0.120. The fourth-order valence-electron chi connectivity index (χ4n) is 3.95. The van der Waals surface area contributed by atoms with Crippen LogP contribution in [0.25, 0.3) is 10.9 Å². The Morgan fingerprint density at radius 3 is 2.28 bits per heavy atom. The van der Waals surface area contributed by atoms with Crippen molar-refractivity contribution in [3.05, 3.63) is 88.6 Å². The lowest BCUT2D eigenvalue weighted by atomic mass is 10.1. The summed E-state index contributed by atoms with van der Waals surface area (Å²) in [6, 6.07) is 18.7. The summed E-state index contributed by atoms with van der Waals surface area (Å²) < 4.78 is 12.2. The highest BCUT2D eigenvalue weighted by molar-refractivity contribution is 6.30. The Kier molecular flexibility index (Phi) is 7.26. The second-order valence-corrected chi connectivity index (χ2v) is 8.54. The van der Waals surface area contributed by atoms with Crippen molar-refractivity contribution in [2.24, 2.45) is 5.73 Å². The molecule has 4 aromatic rings. The number of fused-ring (bicyclic) bond motifs is 1. The molecule has 4 rings (SSSR count). The number of primary amides is 1. The number of methoxy groups -OCH3 is 1. The molecule has 1 heterocycles. The zero-order valence-electron chi connectivity index (χ0n) is 19.7. The van der Waals surface area contributed by atoms with E-state index in [2.05, 4.69) is 5.32 Å². The van der Waals surface area contributed by atoms with Crippen LogP contribution in [0.2, 0.25) is 5.02 Å². The predicted molar refractivity (Wildman–Crippen MR) is 138 cm³/mol. The molecule has 1 aromatic heterocycles. The second kappa shape index (κ2) is 10.5. The molecule has 9 heteroatoms. The summed E-state index contributed by atoms with van der Waals surface area (Å²) in [4.78, 5) is 37.2. The van der Waals surface area contributed by atoms with Gasteiger partial charge in [0.25, 0.3) is 11.8 Å². The average molecular weight is 506 g/mol. The van der Waals surface area contributed by atoms with Gasteiger partial charge in [-0.05, 0) is 79.2 Å². The fraction of sp³-hybridized carbons (Fsp3) is 0.148. The third-order valence-corrected chi connectivity index (χ3v) is 5.94. The van der Waals surface area contributed by atoms with E-state index in [-0.39, 0.29) is 24.8 Å². The highest BCUT2D eigenvalue weighted by Gasteiger charge is 2.22. The van der Waals surface area contributed by atoms with Gasteiger partial charge in [-0.15, -0.1) is 0 Å². The first kappa shape index (κ1) is 24.8. The zero-order chi connectivity index (χ0) is 25.8. The quantitative estimate of drug-likeness (QED) is 0.370. The number of hydrogen-bond donors (Lipinski definition) is 2. The number of nitrogens with zero attached hydrogens (tertiary/aromatic N) is 1. The van der Waals surface area contributed by atoms with Gasteiger partial charge < -0.3 is 20.5 Å². The topological polar surface area (TPSA) is 113 Å². The molecular weight excluding hydrogens is 482 g/mol. The summed E-state index contributed by atoms with van der Waals surface area (Å²) in [5.74, 6) is 0.0145. The van der Waals surface area contributed by atoms with Crippen LogP contribution in [0.4, 0.5) is 5.69 Å². The van der Waals surface area contributed by atoms with E-state index in [9.17, 15) is 14.4 Å². The van der Waals surface area contributed by atoms with Crippen LogP contribution in [0.3, 0.4) is 0 Å². The minimum atomic E-state index is -0.576. The monoisotopic (exact) mass is 505 g/mol. The molecule has 3 N–H and O–H groups in total. The van der Waals surface area contributed by atoms with Crippen molar-refractivity contribution in [1.82, 2.24) is 4.57 Å². The van der Waals surface area contributed by atoms with Crippen LogP contribution in [-0.4, -0.2) is 36.0 Å². The molecule has 0 bridgehead atoms. The molecule has 0 aliphatic heterocycles. The molecule has 2 amide bonds. The number of carbonyl (C=O) groups is 3. The van der Waals surface area contributed by atoms with Gasteiger partial charge in [0.15, 0.2) is 6.61 Å². The minimum absolute atomic E-state index is 0.0380. The molecular formula is C27H24ClN3O5. The molecule has 0 aliphatic rings. The van der Waals surface area contributed by atoms with Crippen molar-refractivity contribution in [3.8, 4) is 11.5 Å². The maximum atomic E-state index is 13.4. The van der Waals surface area contributed by atoms with Gasteiger partial charge >= 0.3 is 0 Å². The first-order valence-electron chi connectivity index (χ1n) is 11.1. The molecule has 8 nitrogen and oxygen atoms in total. The van der Waals surface area contributed by atoms with Crippen LogP contribution in [-0.2, 0) is 16.0 Å². The molecule has 0 atom stereocenters. The lowest BCUT2D eigenvalue weighted by Gasteiger charge is -2.09. The van der Waals surface area contributed by atoms with Gasteiger partial charge in [-0.2, -0.15) is 0 Å². The van der Waals surface area contributed by atoms with Crippen molar-refractivity contribution in [2.45, 2.75) is 13.3 Å². The predicted octanol–water partition coefficient (Wildman–Crippen LogP) is 4.35. The number of aromatic nitrogens is 1. The van der Waals surface area contributed by atoms with E-state index in [4.69, 9.17) is 26.8 Å². The number of halogens is 1. The van der Waals surface area contributed by atoms with Crippen molar-refractivity contribution in [3.63, 3.8) is 0 Å². The Balaban J connectivity index is 1.62. The molecule has 0 fully saturated rings. The van der Waals surface area contributed by atoms with Crippen LogP contribution in [0.1, 0.15) is 21.6 Å². The molecule has 184 valence electrons. The number of rotatable bonds is 8. The Morgan fingerprint density at radius 1 is 0.972 bits per heavy atom. The number of anilines is 1. The van der Waals surface area contributed by atoms with Gasteiger partial charge in [0.1, 0.15) is 11.5 Å². The molecule has 0 saturated heterocycles. The first-order chi connectivity index (χ1) is 17.3. The number of carbonyl (C=O) groups excluding carboxylic acids is 3. The largest absolute Gasteiger partial charge is 0.497 e. The molecule has 0 spiro atoms. The van der Waals surface area contributed by atoms with E-state index in [1.165, 1.54) is 0 Å². The molecule has 0 unspecified atom stereocenters. The average Bonchev–Trinajstić information content (AvgIpc) is 3.13. The third-order valence-electron chi connectivity index (χ3n) is 5.69. The van der Waals surface area contributed by atoms with Gasteiger partial charge in [-0.25, -0.2) is 0 Å². The van der Waals surface area contributed by atoms with Crippen LogP contribution in [0.5, 0.6) is 11.5 Å². The molecule has 0 radical (unpaired) electrons. The SMILES string of the molecule is COc1ccc2c(c1)c(CC(=O)Nc1ccc(OCC(N)=O)cc1)c(C)n2C(=O)c1ccc(Cl)cc1. The van der Waals surface area contributed by atoms with E-state index in [1.807, 2.05) is 13.0 Å². The van der Waals surface area contributed by atoms with Crippen LogP contribution in [0.15, 0.2) is 66.7 Å². The highest BCUT2D eigenvalue weighted by Crippen LogP contribution is 2.31. The Bertz CT molecular complexity index is 1440. The number of nitrogens with two attached hydrogens (primary N) is 1. The van der Waals surface area contributed by atoms with Gasteiger partial charge in [0, 0.05) is 27.4 Å². The highest BCUT2D eigenvalue weighted by atomic mass is 35.5. The maximum Gasteiger partial charge on any atom is 0.262 e. The Morgan fingerprint density at radius 2 is 1.64 bits per heavy atom. The second-order valence-electron chi connectivity index (χ2n) is 8.10. The summed E-state index contributed by atoms with van der Waals surface area (Å²) in [5, 5.41) is 4.14. The number of benzene rings is 3. The smallest absolute Gasteiger partial charge is 0.262 e. The van der Waals surface area contributed by atoms with Gasteiger partial charge in [0.05, 0.1) is 19.0 Å². The van der Waals surface area contributed by atoms with Crippen LogP contribution in [0, 0.1) is 6.92 Å². The van der Waals surface area contributed by atoms with Crippen molar-refractivity contribution < 1.29 is 23.9 Å². The Labute approximate surface area is 212 Å². The standard InChI is InChI=1S/C27H24ClN3O5/c1-16-22(14-26(33)30-19-7-9-20(10-8-19)36-15-25(29)32)23-13-21(35-2)11-12-24(23)31(16)27(34)17-3-5-18(28)6-4-17/h3-13H,14-15H2,1-2H3,(H2,29,32)(H,30,33). The van der Waals surface area contributed by atoms with Crippen molar-refractivity contribution in [2.75, 3.05) is 19.0 Å². The normalized spacial score (nSPS) is 10.8. The van der Waals surface area contributed by atoms with Gasteiger partial charge in [-0.1, -0.05) is 11.6 Å². The number of hydrogen-bond acceptors (Lipinski definition) is 5. The summed E-state index contributed by atoms with van der Waals surface area (Å²) in [6.07, 6.45) is 0.0380. The van der Waals surface area contributed by atoms with E-state index < -0.39 is 5.91 Å². The van der Waals surface area contributed by atoms with E-state index in [1.54, 1.807) is 72.3 Å². The molecule has 36 heavy (non-hydrogen) atoms. The zero-order valence-corrected chi connectivity index (χ0v) is 20.5. The summed E-state index contributed by atoms with van der Waals surface area (Å²) >= 11 is 5.98. The van der Waals surface area contributed by atoms with Crippen LogP contribution >= 0.6 is 11.6 Å². The summed E-state index contributed by atoms with van der Waals surface area (Å²) in [6.45, 7) is 1.58. The van der Waals surface area contributed by atoms with E-state index in [0.717, 1.165) is 5.39 Å². The fourth-order valence-corrected chi connectivity index (χ4v) is 4.08. The van der Waals surface area contributed by atoms with Gasteiger partial charge in [-0.3, -0.25) is 19.0 Å². The molecule has 0 aliphatic carbocycles. The Hall–Kier alpha value is -4.30. The number of nitrogens with one attached hydrogen (secondary N) is 1. The maximum absolute atomic E-state index is 13.4. The lowest BCUT2D eigenvalue weighted by Crippen LogP contribution is -2.20.